The van der Waals surface area contributed by atoms with Crippen LogP contribution >= 0.6 is 0 Å². The molecule has 0 bridgehead atoms. The molecule has 0 aliphatic carbocycles. The number of nitrogens with one attached hydrogen (secondary N) is 2. The van der Waals surface area contributed by atoms with Gasteiger partial charge in [0.15, 0.2) is 17.6 Å². The van der Waals surface area contributed by atoms with E-state index in [4.69, 9.17) is 14.2 Å². The van der Waals surface area contributed by atoms with Crippen molar-refractivity contribution in [3.63, 3.8) is 0 Å². The highest BCUT2D eigenvalue weighted by atomic mass is 16.5. The number of hydrogen-bond donors (Lipinski definition) is 2. The van der Waals surface area contributed by atoms with Crippen molar-refractivity contribution in [2.75, 3.05) is 26.1 Å². The van der Waals surface area contributed by atoms with Crippen molar-refractivity contribution in [1.29, 1.82) is 0 Å². The molecule has 2 amide bonds. The van der Waals surface area contributed by atoms with Gasteiger partial charge in [0, 0.05) is 25.2 Å². The van der Waals surface area contributed by atoms with Crippen LogP contribution < -0.4 is 24.8 Å². The largest absolute Gasteiger partial charge is 0.493 e. The minimum Gasteiger partial charge on any atom is -0.493 e. The first-order valence-electron chi connectivity index (χ1n) is 8.96. The number of carbonyl (C=O) groups excluding carboxylic acids is 2. The van der Waals surface area contributed by atoms with Crippen LogP contribution in [0.4, 0.5) is 5.69 Å². The van der Waals surface area contributed by atoms with Crippen LogP contribution in [0.15, 0.2) is 42.5 Å². The zero-order chi connectivity index (χ0) is 20.5. The van der Waals surface area contributed by atoms with Crippen LogP contribution in [0.3, 0.4) is 0 Å². The molecule has 28 heavy (non-hydrogen) atoms. The fourth-order valence-electron chi connectivity index (χ4n) is 2.62. The van der Waals surface area contributed by atoms with E-state index in [0.717, 1.165) is 5.56 Å². The Morgan fingerprint density at radius 3 is 2.46 bits per heavy atom. The zero-order valence-electron chi connectivity index (χ0n) is 16.6. The molecule has 2 N–H and O–H groups in total. The molecular weight excluding hydrogens is 360 g/mol. The maximum Gasteiger partial charge on any atom is 0.260 e. The van der Waals surface area contributed by atoms with Crippen LogP contribution in [0.2, 0.25) is 0 Å². The summed E-state index contributed by atoms with van der Waals surface area (Å²) in [6.45, 7) is 3.58. The van der Waals surface area contributed by atoms with Crippen LogP contribution in [0.25, 0.3) is 0 Å². The number of anilines is 1. The smallest absolute Gasteiger partial charge is 0.260 e. The Hall–Kier alpha value is -3.22. The van der Waals surface area contributed by atoms with E-state index >= 15 is 0 Å². The first-order valence-corrected chi connectivity index (χ1v) is 8.96. The third-order valence-corrected chi connectivity index (χ3v) is 4.00. The fraction of sp³-hybridized carbons (Fsp3) is 0.333. The van der Waals surface area contributed by atoms with E-state index in [0.29, 0.717) is 35.9 Å². The Morgan fingerprint density at radius 1 is 1.04 bits per heavy atom. The molecule has 0 fully saturated rings. The molecule has 2 rings (SSSR count). The highest BCUT2D eigenvalue weighted by Gasteiger charge is 2.14. The number of methoxy groups -OCH3 is 2. The summed E-state index contributed by atoms with van der Waals surface area (Å²) >= 11 is 0. The van der Waals surface area contributed by atoms with E-state index < -0.39 is 6.10 Å². The highest BCUT2D eigenvalue weighted by molar-refractivity contribution is 5.88. The predicted octanol–water partition coefficient (Wildman–Crippen LogP) is 2.79. The summed E-state index contributed by atoms with van der Waals surface area (Å²) in [6, 6.07) is 12.6. The SMILES string of the molecule is COc1ccc(CCNC(=O)[C@H](C)Oc2cccc(NC(C)=O)c2)cc1OC. The quantitative estimate of drug-likeness (QED) is 0.692. The molecule has 0 saturated heterocycles. The van der Waals surface area contributed by atoms with Gasteiger partial charge in [0.25, 0.3) is 5.91 Å². The van der Waals surface area contributed by atoms with Crippen LogP contribution in [0.1, 0.15) is 19.4 Å². The summed E-state index contributed by atoms with van der Waals surface area (Å²) in [5.74, 6) is 1.44. The molecule has 7 heteroatoms. The predicted molar refractivity (Wildman–Crippen MR) is 107 cm³/mol. The molecule has 0 spiro atoms. The van der Waals surface area contributed by atoms with Crippen LogP contribution in [0, 0.1) is 0 Å². The van der Waals surface area contributed by atoms with Gasteiger partial charge in [-0.05, 0) is 43.2 Å². The van der Waals surface area contributed by atoms with Crippen molar-refractivity contribution >= 4 is 17.5 Å². The molecule has 150 valence electrons. The maximum absolute atomic E-state index is 12.3. The van der Waals surface area contributed by atoms with Crippen molar-refractivity contribution in [3.05, 3.63) is 48.0 Å². The van der Waals surface area contributed by atoms with Crippen molar-refractivity contribution in [2.45, 2.75) is 26.4 Å². The summed E-state index contributed by atoms with van der Waals surface area (Å²) in [5, 5.41) is 5.54. The topological polar surface area (TPSA) is 85.9 Å². The second-order valence-electron chi connectivity index (χ2n) is 6.20. The van der Waals surface area contributed by atoms with Gasteiger partial charge in [0.2, 0.25) is 5.91 Å². The van der Waals surface area contributed by atoms with Crippen LogP contribution in [0.5, 0.6) is 17.2 Å². The number of benzene rings is 2. The molecular formula is C21H26N2O5. The van der Waals surface area contributed by atoms with Gasteiger partial charge in [0.05, 0.1) is 14.2 Å². The highest BCUT2D eigenvalue weighted by Crippen LogP contribution is 2.27. The van der Waals surface area contributed by atoms with Crippen LogP contribution in [-0.2, 0) is 16.0 Å². The molecule has 7 nitrogen and oxygen atoms in total. The number of amides is 2. The summed E-state index contributed by atoms with van der Waals surface area (Å²) in [5.41, 5.74) is 1.64. The molecule has 1 atom stereocenters. The average molecular weight is 386 g/mol. The second-order valence-corrected chi connectivity index (χ2v) is 6.20. The minimum atomic E-state index is -0.669. The Balaban J connectivity index is 1.85. The second kappa shape index (κ2) is 10.2. The summed E-state index contributed by atoms with van der Waals surface area (Å²) in [6.07, 6.45) is -0.0189. The molecule has 0 heterocycles. The third-order valence-electron chi connectivity index (χ3n) is 4.00. The normalized spacial score (nSPS) is 11.3. The molecule has 0 saturated carbocycles. The van der Waals surface area contributed by atoms with Gasteiger partial charge in [-0.3, -0.25) is 9.59 Å². The number of hydrogen-bond acceptors (Lipinski definition) is 5. The lowest BCUT2D eigenvalue weighted by atomic mass is 10.1. The third kappa shape index (κ3) is 6.19. The van der Waals surface area contributed by atoms with Gasteiger partial charge < -0.3 is 24.8 Å². The van der Waals surface area contributed by atoms with Gasteiger partial charge >= 0.3 is 0 Å². The molecule has 0 aliphatic rings. The number of ether oxygens (including phenoxy) is 3. The Bertz CT molecular complexity index is 822. The van der Waals surface area contributed by atoms with E-state index in [9.17, 15) is 9.59 Å². The van der Waals surface area contributed by atoms with Gasteiger partial charge in [-0.2, -0.15) is 0 Å². The first-order chi connectivity index (χ1) is 13.4. The lowest BCUT2D eigenvalue weighted by Crippen LogP contribution is -2.37. The van der Waals surface area contributed by atoms with Crippen molar-refractivity contribution in [1.82, 2.24) is 5.32 Å². The van der Waals surface area contributed by atoms with Crippen molar-refractivity contribution < 1.29 is 23.8 Å². The Labute approximate surface area is 165 Å². The Morgan fingerprint density at radius 2 is 1.79 bits per heavy atom. The molecule has 0 unspecified atom stereocenters. The van der Waals surface area contributed by atoms with Crippen LogP contribution in [-0.4, -0.2) is 38.7 Å². The van der Waals surface area contributed by atoms with Gasteiger partial charge in [-0.1, -0.05) is 12.1 Å². The first kappa shape index (κ1) is 21.1. The number of carbonyl (C=O) groups is 2. The van der Waals surface area contributed by atoms with Gasteiger partial charge in [0.1, 0.15) is 5.75 Å². The molecule has 2 aromatic rings. The van der Waals surface area contributed by atoms with E-state index in [1.807, 2.05) is 18.2 Å². The molecule has 0 aromatic heterocycles. The summed E-state index contributed by atoms with van der Waals surface area (Å²) < 4.78 is 16.2. The molecule has 0 radical (unpaired) electrons. The maximum atomic E-state index is 12.3. The van der Waals surface area contributed by atoms with E-state index in [2.05, 4.69) is 10.6 Å². The van der Waals surface area contributed by atoms with Gasteiger partial charge in [-0.25, -0.2) is 0 Å². The Kier molecular flexibility index (Phi) is 7.68. The van der Waals surface area contributed by atoms with E-state index in [-0.39, 0.29) is 11.8 Å². The van der Waals surface area contributed by atoms with Crippen molar-refractivity contribution in [2.24, 2.45) is 0 Å². The fourth-order valence-corrected chi connectivity index (χ4v) is 2.62. The zero-order valence-corrected chi connectivity index (χ0v) is 16.6. The summed E-state index contributed by atoms with van der Waals surface area (Å²) in [7, 11) is 3.17. The minimum absolute atomic E-state index is 0.168. The van der Waals surface area contributed by atoms with Crippen molar-refractivity contribution in [3.8, 4) is 17.2 Å². The summed E-state index contributed by atoms with van der Waals surface area (Å²) in [4.78, 5) is 23.4. The van der Waals surface area contributed by atoms with Gasteiger partial charge in [-0.15, -0.1) is 0 Å². The lowest BCUT2D eigenvalue weighted by Gasteiger charge is -2.16. The standard InChI is InChI=1S/C21H26N2O5/c1-14(28-18-7-5-6-17(13-18)23-15(2)24)21(25)22-11-10-16-8-9-19(26-3)20(12-16)27-4/h5-9,12-14H,10-11H2,1-4H3,(H,22,25)(H,23,24)/t14-/m0/s1. The lowest BCUT2D eigenvalue weighted by molar-refractivity contribution is -0.127. The van der Waals surface area contributed by atoms with E-state index in [1.165, 1.54) is 6.92 Å². The average Bonchev–Trinajstić information content (AvgIpc) is 2.67. The monoisotopic (exact) mass is 386 g/mol. The molecule has 2 aromatic carbocycles. The number of rotatable bonds is 9. The molecule has 0 aliphatic heterocycles. The van der Waals surface area contributed by atoms with E-state index in [1.54, 1.807) is 45.4 Å².